The van der Waals surface area contributed by atoms with Crippen LogP contribution in [0.5, 0.6) is 17.2 Å². The van der Waals surface area contributed by atoms with Crippen LogP contribution in [0.4, 0.5) is 0 Å². The molecule has 0 saturated heterocycles. The van der Waals surface area contributed by atoms with Crippen LogP contribution in [-0.4, -0.2) is 49.4 Å². The molecule has 1 aliphatic heterocycles. The van der Waals surface area contributed by atoms with Gasteiger partial charge in [0.1, 0.15) is 12.4 Å². The normalized spacial score (nSPS) is 13.0. The van der Waals surface area contributed by atoms with Crippen LogP contribution in [0.1, 0.15) is 17.6 Å². The number of hydrogen-bond acceptors (Lipinski definition) is 6. The quantitative estimate of drug-likeness (QED) is 0.455. The highest BCUT2D eigenvalue weighted by Crippen LogP contribution is 2.34. The van der Waals surface area contributed by atoms with Gasteiger partial charge in [0.25, 0.3) is 0 Å². The maximum absolute atomic E-state index is 5.76. The van der Waals surface area contributed by atoms with Crippen molar-refractivity contribution in [1.82, 2.24) is 15.2 Å². The van der Waals surface area contributed by atoms with E-state index in [0.29, 0.717) is 13.2 Å². The number of nitrogens with zero attached hydrogens (tertiary/aromatic N) is 3. The number of benzene rings is 1. The maximum atomic E-state index is 5.76. The zero-order valence-electron chi connectivity index (χ0n) is 15.3. The Bertz CT molecular complexity index is 763. The molecule has 0 atom stereocenters. The minimum Gasteiger partial charge on any atom is -0.492 e. The SMILES string of the molecule is CCNC(=NCCOc1ccc2c(c1)OCO2)N(C)Cc1csc(C)n1. The van der Waals surface area contributed by atoms with Crippen molar-refractivity contribution < 1.29 is 14.2 Å². The minimum atomic E-state index is 0.264. The highest BCUT2D eigenvalue weighted by atomic mass is 32.1. The average Bonchev–Trinajstić information content (AvgIpc) is 3.25. The molecule has 2 aromatic rings. The zero-order valence-corrected chi connectivity index (χ0v) is 16.1. The third kappa shape index (κ3) is 4.78. The second kappa shape index (κ2) is 8.75. The largest absolute Gasteiger partial charge is 0.492 e. The van der Waals surface area contributed by atoms with Gasteiger partial charge in [0, 0.05) is 25.0 Å². The molecule has 7 nitrogen and oxygen atoms in total. The van der Waals surface area contributed by atoms with E-state index in [0.717, 1.165) is 47.0 Å². The first kappa shape index (κ1) is 18.3. The van der Waals surface area contributed by atoms with Gasteiger partial charge in [-0.15, -0.1) is 11.3 Å². The van der Waals surface area contributed by atoms with E-state index in [1.54, 1.807) is 11.3 Å². The lowest BCUT2D eigenvalue weighted by Gasteiger charge is -2.21. The van der Waals surface area contributed by atoms with Gasteiger partial charge in [-0.3, -0.25) is 0 Å². The molecular formula is C18H24N4O3S. The number of fused-ring (bicyclic) bond motifs is 1. The van der Waals surface area contributed by atoms with Gasteiger partial charge in [-0.05, 0) is 26.0 Å². The Labute approximate surface area is 157 Å². The summed E-state index contributed by atoms with van der Waals surface area (Å²) in [4.78, 5) is 11.2. The fourth-order valence-corrected chi connectivity index (χ4v) is 3.15. The van der Waals surface area contributed by atoms with E-state index < -0.39 is 0 Å². The number of hydrogen-bond donors (Lipinski definition) is 1. The van der Waals surface area contributed by atoms with Crippen LogP contribution >= 0.6 is 11.3 Å². The van der Waals surface area contributed by atoms with Gasteiger partial charge in [0.2, 0.25) is 6.79 Å². The molecule has 1 aromatic heterocycles. The molecule has 3 rings (SSSR count). The molecule has 0 amide bonds. The summed E-state index contributed by atoms with van der Waals surface area (Å²) in [6.45, 7) is 6.90. The molecule has 1 aliphatic rings. The highest BCUT2D eigenvalue weighted by Gasteiger charge is 2.13. The molecule has 140 valence electrons. The number of nitrogens with one attached hydrogen (secondary N) is 1. The number of aromatic nitrogens is 1. The Morgan fingerprint density at radius 2 is 2.23 bits per heavy atom. The van der Waals surface area contributed by atoms with E-state index >= 15 is 0 Å². The van der Waals surface area contributed by atoms with Crippen molar-refractivity contribution in [2.24, 2.45) is 4.99 Å². The van der Waals surface area contributed by atoms with Crippen molar-refractivity contribution >= 4 is 17.3 Å². The number of rotatable bonds is 7. The molecule has 26 heavy (non-hydrogen) atoms. The molecule has 1 aromatic carbocycles. The molecule has 0 aliphatic carbocycles. The first-order chi connectivity index (χ1) is 12.7. The fourth-order valence-electron chi connectivity index (χ4n) is 2.55. The van der Waals surface area contributed by atoms with Crippen molar-refractivity contribution in [2.75, 3.05) is 33.5 Å². The van der Waals surface area contributed by atoms with Gasteiger partial charge >= 0.3 is 0 Å². The van der Waals surface area contributed by atoms with Crippen molar-refractivity contribution in [3.05, 3.63) is 34.3 Å². The smallest absolute Gasteiger partial charge is 0.231 e. The summed E-state index contributed by atoms with van der Waals surface area (Å²) < 4.78 is 16.4. The molecule has 0 unspecified atom stereocenters. The zero-order chi connectivity index (χ0) is 18.4. The summed E-state index contributed by atoms with van der Waals surface area (Å²) in [5.41, 5.74) is 1.05. The van der Waals surface area contributed by atoms with E-state index in [4.69, 9.17) is 14.2 Å². The summed E-state index contributed by atoms with van der Waals surface area (Å²) in [6.07, 6.45) is 0. The van der Waals surface area contributed by atoms with Gasteiger partial charge in [-0.1, -0.05) is 0 Å². The predicted molar refractivity (Wildman–Crippen MR) is 102 cm³/mol. The summed E-state index contributed by atoms with van der Waals surface area (Å²) >= 11 is 1.66. The Morgan fingerprint density at radius 3 is 3.00 bits per heavy atom. The van der Waals surface area contributed by atoms with Crippen LogP contribution in [0.2, 0.25) is 0 Å². The van der Waals surface area contributed by atoms with Gasteiger partial charge in [-0.25, -0.2) is 9.98 Å². The van der Waals surface area contributed by atoms with Crippen LogP contribution in [0.3, 0.4) is 0 Å². The second-order valence-electron chi connectivity index (χ2n) is 5.81. The lowest BCUT2D eigenvalue weighted by Crippen LogP contribution is -2.38. The fraction of sp³-hybridized carbons (Fsp3) is 0.444. The van der Waals surface area contributed by atoms with Crippen molar-refractivity contribution in [3.63, 3.8) is 0 Å². The summed E-state index contributed by atoms with van der Waals surface area (Å²) in [6, 6.07) is 5.57. The van der Waals surface area contributed by atoms with Crippen LogP contribution < -0.4 is 19.5 Å². The number of aliphatic imine (C=N–C) groups is 1. The molecule has 0 saturated carbocycles. The van der Waals surface area contributed by atoms with E-state index in [9.17, 15) is 0 Å². The van der Waals surface area contributed by atoms with E-state index in [2.05, 4.69) is 32.5 Å². The molecule has 8 heteroatoms. The number of guanidine groups is 1. The van der Waals surface area contributed by atoms with Gasteiger partial charge in [0.15, 0.2) is 17.5 Å². The molecule has 0 spiro atoms. The topological polar surface area (TPSA) is 68.2 Å². The third-order valence-corrected chi connectivity index (χ3v) is 4.55. The Morgan fingerprint density at radius 1 is 1.38 bits per heavy atom. The molecule has 0 bridgehead atoms. The van der Waals surface area contributed by atoms with E-state index in [1.165, 1.54) is 0 Å². The summed E-state index contributed by atoms with van der Waals surface area (Å²) in [7, 11) is 2.01. The average molecular weight is 376 g/mol. The number of ether oxygens (including phenoxy) is 3. The maximum Gasteiger partial charge on any atom is 0.231 e. The third-order valence-electron chi connectivity index (χ3n) is 3.73. The van der Waals surface area contributed by atoms with Crippen LogP contribution in [-0.2, 0) is 6.54 Å². The molecule has 1 N–H and O–H groups in total. The van der Waals surface area contributed by atoms with Crippen LogP contribution in [0.25, 0.3) is 0 Å². The number of aryl methyl sites for hydroxylation is 1. The standard InChI is InChI=1S/C18H24N4O3S/c1-4-19-18(22(3)10-14-11-26-13(2)21-14)20-7-8-23-15-5-6-16-17(9-15)25-12-24-16/h5-6,9,11H,4,7-8,10,12H2,1-3H3,(H,19,20). The minimum absolute atomic E-state index is 0.264. The highest BCUT2D eigenvalue weighted by molar-refractivity contribution is 7.09. The molecular weight excluding hydrogens is 352 g/mol. The Kier molecular flexibility index (Phi) is 6.17. The summed E-state index contributed by atoms with van der Waals surface area (Å²) in [5.74, 6) is 3.06. The first-order valence-corrected chi connectivity index (χ1v) is 9.46. The molecule has 0 radical (unpaired) electrons. The number of thiazole rings is 1. The lowest BCUT2D eigenvalue weighted by atomic mass is 10.3. The molecule has 2 heterocycles. The lowest BCUT2D eigenvalue weighted by molar-refractivity contribution is 0.174. The predicted octanol–water partition coefficient (Wildman–Crippen LogP) is 2.66. The van der Waals surface area contributed by atoms with Crippen LogP contribution in [0.15, 0.2) is 28.6 Å². The van der Waals surface area contributed by atoms with Gasteiger partial charge < -0.3 is 24.4 Å². The van der Waals surface area contributed by atoms with E-state index in [1.807, 2.05) is 32.2 Å². The Hall–Kier alpha value is -2.48. The summed E-state index contributed by atoms with van der Waals surface area (Å²) in [5, 5.41) is 6.46. The second-order valence-corrected chi connectivity index (χ2v) is 6.88. The van der Waals surface area contributed by atoms with Gasteiger partial charge in [0.05, 0.1) is 23.8 Å². The van der Waals surface area contributed by atoms with Crippen molar-refractivity contribution in [2.45, 2.75) is 20.4 Å². The molecule has 0 fully saturated rings. The monoisotopic (exact) mass is 376 g/mol. The van der Waals surface area contributed by atoms with Crippen molar-refractivity contribution in [1.29, 1.82) is 0 Å². The van der Waals surface area contributed by atoms with Crippen molar-refractivity contribution in [3.8, 4) is 17.2 Å². The van der Waals surface area contributed by atoms with E-state index in [-0.39, 0.29) is 6.79 Å². The Balaban J connectivity index is 1.52. The first-order valence-electron chi connectivity index (χ1n) is 8.58. The van der Waals surface area contributed by atoms with Crippen LogP contribution in [0, 0.1) is 6.92 Å². The van der Waals surface area contributed by atoms with Gasteiger partial charge in [-0.2, -0.15) is 0 Å².